The molecule has 1 aromatic carbocycles. The van der Waals surface area contributed by atoms with E-state index in [-0.39, 0.29) is 18.2 Å². The Hall–Kier alpha value is -1.73. The van der Waals surface area contributed by atoms with Gasteiger partial charge in [0.25, 0.3) is 5.91 Å². The minimum absolute atomic E-state index is 0.106. The molecule has 0 atom stereocenters. The van der Waals surface area contributed by atoms with Crippen LogP contribution in [-0.2, 0) is 11.3 Å². The molecule has 0 aliphatic carbocycles. The van der Waals surface area contributed by atoms with E-state index >= 15 is 0 Å². The van der Waals surface area contributed by atoms with Gasteiger partial charge in [-0.15, -0.1) is 11.3 Å². The summed E-state index contributed by atoms with van der Waals surface area (Å²) < 4.78 is 0.918. The van der Waals surface area contributed by atoms with E-state index < -0.39 is 0 Å². The van der Waals surface area contributed by atoms with Crippen LogP contribution in [0.2, 0.25) is 0 Å². The molecule has 0 saturated carbocycles. The fraction of sp³-hybridized carbons (Fsp3) is 0.353. The fourth-order valence-electron chi connectivity index (χ4n) is 1.94. The number of nitrogens with zero attached hydrogens (tertiary/aromatic N) is 1. The molecule has 2 N–H and O–H groups in total. The van der Waals surface area contributed by atoms with Gasteiger partial charge < -0.3 is 10.6 Å². The quantitative estimate of drug-likeness (QED) is 0.735. The zero-order valence-electron chi connectivity index (χ0n) is 13.6. The number of carbonyl (C=O) groups excluding carboxylic acids is 2. The van der Waals surface area contributed by atoms with Crippen molar-refractivity contribution >= 4 is 39.1 Å². The summed E-state index contributed by atoms with van der Waals surface area (Å²) in [7, 11) is 0. The lowest BCUT2D eigenvalue weighted by Crippen LogP contribution is -2.30. The number of thiazole rings is 1. The summed E-state index contributed by atoms with van der Waals surface area (Å²) in [6, 6.07) is 7.07. The van der Waals surface area contributed by atoms with Crippen LogP contribution >= 0.6 is 27.3 Å². The maximum atomic E-state index is 11.9. The number of aromatic nitrogens is 1. The molecule has 0 radical (unpaired) electrons. The Morgan fingerprint density at radius 2 is 1.92 bits per heavy atom. The fourth-order valence-corrected chi connectivity index (χ4v) is 3.04. The molecule has 1 heterocycles. The Morgan fingerprint density at radius 3 is 2.54 bits per heavy atom. The summed E-state index contributed by atoms with van der Waals surface area (Å²) in [6.45, 7) is 4.91. The van der Waals surface area contributed by atoms with Gasteiger partial charge in [-0.1, -0.05) is 29.8 Å². The molecule has 7 heteroatoms. The first kappa shape index (κ1) is 18.6. The highest BCUT2D eigenvalue weighted by atomic mass is 79.9. The molecule has 128 valence electrons. The second-order valence-electron chi connectivity index (χ2n) is 5.62. The lowest BCUT2D eigenvalue weighted by molar-refractivity contribution is -0.121. The van der Waals surface area contributed by atoms with Crippen molar-refractivity contribution in [3.05, 3.63) is 50.4 Å². The number of hydrogen-bond donors (Lipinski definition) is 2. The van der Waals surface area contributed by atoms with Crippen molar-refractivity contribution in [1.82, 2.24) is 15.6 Å². The van der Waals surface area contributed by atoms with Crippen LogP contribution in [0, 0.1) is 0 Å². The predicted octanol–water partition coefficient (Wildman–Crippen LogP) is 3.47. The van der Waals surface area contributed by atoms with Gasteiger partial charge in [0.05, 0.1) is 17.2 Å². The summed E-state index contributed by atoms with van der Waals surface area (Å²) in [5.74, 6) is 0.106. The zero-order valence-corrected chi connectivity index (χ0v) is 16.0. The lowest BCUT2D eigenvalue weighted by Gasteiger charge is -2.06. The smallest absolute Gasteiger partial charge is 0.251 e. The van der Waals surface area contributed by atoms with E-state index in [1.54, 1.807) is 35.6 Å². The van der Waals surface area contributed by atoms with Crippen LogP contribution in [0.4, 0.5) is 0 Å². The maximum Gasteiger partial charge on any atom is 0.251 e. The molecular formula is C17H20BrN3O2S. The van der Waals surface area contributed by atoms with E-state index in [1.807, 2.05) is 5.38 Å². The van der Waals surface area contributed by atoms with Crippen molar-refractivity contribution < 1.29 is 9.59 Å². The number of hydrogen-bond acceptors (Lipinski definition) is 4. The first-order valence-corrected chi connectivity index (χ1v) is 9.37. The minimum Gasteiger partial charge on any atom is -0.352 e. The van der Waals surface area contributed by atoms with Crippen molar-refractivity contribution in [3.8, 4) is 0 Å². The van der Waals surface area contributed by atoms with Crippen LogP contribution in [0.1, 0.15) is 47.2 Å². The molecule has 0 spiro atoms. The zero-order chi connectivity index (χ0) is 17.5. The normalized spacial score (nSPS) is 10.7. The SMILES string of the molecule is CC(C)c1nc(CNC(=O)CCNC(=O)c2ccc(Br)cc2)cs1. The maximum absolute atomic E-state index is 11.9. The van der Waals surface area contributed by atoms with Gasteiger partial charge in [-0.25, -0.2) is 4.98 Å². The van der Waals surface area contributed by atoms with E-state index in [0.29, 0.717) is 24.6 Å². The monoisotopic (exact) mass is 409 g/mol. The molecule has 0 fully saturated rings. The van der Waals surface area contributed by atoms with E-state index in [4.69, 9.17) is 0 Å². The molecule has 5 nitrogen and oxygen atoms in total. The second kappa shape index (κ2) is 8.94. The van der Waals surface area contributed by atoms with Gasteiger partial charge >= 0.3 is 0 Å². The Bertz CT molecular complexity index is 698. The van der Waals surface area contributed by atoms with Gasteiger partial charge in [-0.05, 0) is 24.3 Å². The van der Waals surface area contributed by atoms with Crippen LogP contribution in [0.25, 0.3) is 0 Å². The first-order valence-electron chi connectivity index (χ1n) is 7.70. The van der Waals surface area contributed by atoms with Crippen LogP contribution in [-0.4, -0.2) is 23.3 Å². The average molecular weight is 410 g/mol. The van der Waals surface area contributed by atoms with Crippen LogP contribution in [0.5, 0.6) is 0 Å². The second-order valence-corrected chi connectivity index (χ2v) is 7.43. The number of carbonyl (C=O) groups is 2. The van der Waals surface area contributed by atoms with E-state index in [9.17, 15) is 9.59 Å². The van der Waals surface area contributed by atoms with Gasteiger partial charge in [-0.3, -0.25) is 9.59 Å². The minimum atomic E-state index is -0.184. The molecule has 24 heavy (non-hydrogen) atoms. The number of halogens is 1. The molecule has 2 aromatic rings. The summed E-state index contributed by atoms with van der Waals surface area (Å²) in [4.78, 5) is 28.2. The molecular weight excluding hydrogens is 390 g/mol. The Balaban J connectivity index is 1.69. The summed E-state index contributed by atoms with van der Waals surface area (Å²) in [6.07, 6.45) is 0.240. The van der Waals surface area contributed by atoms with Gasteiger partial charge in [0.2, 0.25) is 5.91 Å². The van der Waals surface area contributed by atoms with Crippen LogP contribution < -0.4 is 10.6 Å². The van der Waals surface area contributed by atoms with E-state index in [0.717, 1.165) is 15.2 Å². The van der Waals surface area contributed by atoms with Crippen LogP contribution in [0.3, 0.4) is 0 Å². The highest BCUT2D eigenvalue weighted by Crippen LogP contribution is 2.18. The highest BCUT2D eigenvalue weighted by Gasteiger charge is 2.09. The Labute approximate surface area is 154 Å². The lowest BCUT2D eigenvalue weighted by atomic mass is 10.2. The number of benzene rings is 1. The average Bonchev–Trinajstić information content (AvgIpc) is 3.03. The van der Waals surface area contributed by atoms with Gasteiger partial charge in [0, 0.05) is 34.3 Å². The Kier molecular flexibility index (Phi) is 6.93. The van der Waals surface area contributed by atoms with E-state index in [2.05, 4.69) is 45.4 Å². The van der Waals surface area contributed by atoms with Gasteiger partial charge in [0.1, 0.15) is 0 Å². The number of rotatable bonds is 7. The molecule has 0 bridgehead atoms. The third-order valence-corrected chi connectivity index (χ3v) is 5.00. The van der Waals surface area contributed by atoms with Gasteiger partial charge in [-0.2, -0.15) is 0 Å². The third-order valence-electron chi connectivity index (χ3n) is 3.27. The first-order chi connectivity index (χ1) is 11.5. The van der Waals surface area contributed by atoms with Crippen molar-refractivity contribution in [3.63, 3.8) is 0 Å². The summed E-state index contributed by atoms with van der Waals surface area (Å²) >= 11 is 4.93. The molecule has 0 aliphatic heterocycles. The molecule has 2 amide bonds. The molecule has 0 aliphatic rings. The number of amides is 2. The topological polar surface area (TPSA) is 71.1 Å². The predicted molar refractivity (Wildman–Crippen MR) is 99.1 cm³/mol. The third kappa shape index (κ3) is 5.72. The van der Waals surface area contributed by atoms with E-state index in [1.165, 1.54) is 0 Å². The molecule has 0 saturated heterocycles. The largest absolute Gasteiger partial charge is 0.352 e. The molecule has 1 aromatic heterocycles. The van der Waals surface area contributed by atoms with Crippen LogP contribution in [0.15, 0.2) is 34.1 Å². The van der Waals surface area contributed by atoms with Crippen molar-refractivity contribution in [2.45, 2.75) is 32.7 Å². The molecule has 0 unspecified atom stereocenters. The molecule has 2 rings (SSSR count). The summed E-state index contributed by atoms with van der Waals surface area (Å²) in [5.41, 5.74) is 1.44. The Morgan fingerprint density at radius 1 is 1.21 bits per heavy atom. The standard InChI is InChI=1S/C17H20BrN3O2S/c1-11(2)17-21-14(10-24-17)9-20-15(22)7-8-19-16(23)12-3-5-13(18)6-4-12/h3-6,10-11H,7-9H2,1-2H3,(H,19,23)(H,20,22). The van der Waals surface area contributed by atoms with Crippen molar-refractivity contribution in [1.29, 1.82) is 0 Å². The summed E-state index contributed by atoms with van der Waals surface area (Å²) in [5, 5.41) is 8.59. The van der Waals surface area contributed by atoms with Crippen molar-refractivity contribution in [2.24, 2.45) is 0 Å². The van der Waals surface area contributed by atoms with Gasteiger partial charge in [0.15, 0.2) is 0 Å². The van der Waals surface area contributed by atoms with Crippen molar-refractivity contribution in [2.75, 3.05) is 6.54 Å². The highest BCUT2D eigenvalue weighted by molar-refractivity contribution is 9.10. The number of nitrogens with one attached hydrogen (secondary N) is 2.